The lowest BCUT2D eigenvalue weighted by Gasteiger charge is -2.16. The average Bonchev–Trinajstić information content (AvgIpc) is 3.26. The van der Waals surface area contributed by atoms with Crippen LogP contribution in [-0.2, 0) is 0 Å². The number of benzene rings is 3. The smallest absolute Gasteiger partial charge is 0.255 e. The third kappa shape index (κ3) is 5.15. The number of anilines is 1. The van der Waals surface area contributed by atoms with Gasteiger partial charge in [0.25, 0.3) is 5.91 Å². The van der Waals surface area contributed by atoms with E-state index in [1.54, 1.807) is 24.3 Å². The monoisotopic (exact) mass is 457 g/mol. The molecule has 0 radical (unpaired) electrons. The van der Waals surface area contributed by atoms with Crippen LogP contribution in [0.4, 0.5) is 5.69 Å². The number of aromatic amines is 1. The predicted octanol–water partition coefficient (Wildman–Crippen LogP) is 5.08. The normalized spacial score (nSPS) is 11.4. The lowest BCUT2D eigenvalue weighted by Crippen LogP contribution is -2.19. The van der Waals surface area contributed by atoms with E-state index in [1.165, 1.54) is 0 Å². The number of H-pyrrole nitrogens is 1. The van der Waals surface area contributed by atoms with Crippen LogP contribution in [0.3, 0.4) is 0 Å². The first-order chi connectivity index (χ1) is 16.2. The zero-order valence-electron chi connectivity index (χ0n) is 19.4. The Labute approximate surface area is 197 Å². The summed E-state index contributed by atoms with van der Waals surface area (Å²) in [4.78, 5) is 33.1. The van der Waals surface area contributed by atoms with Crippen LogP contribution >= 0.6 is 0 Å². The molecular weight excluding hydrogens is 430 g/mol. The number of nitrogens with one attached hydrogen (secondary N) is 2. The lowest BCUT2D eigenvalue weighted by molar-refractivity contribution is 0.0858. The molecule has 4 aromatic rings. The van der Waals surface area contributed by atoms with Crippen molar-refractivity contribution in [3.63, 3.8) is 0 Å². The summed E-state index contributed by atoms with van der Waals surface area (Å²) in [7, 11) is 0. The first-order valence-electron chi connectivity index (χ1n) is 11.0. The van der Waals surface area contributed by atoms with Crippen LogP contribution in [0, 0.1) is 5.41 Å². The van der Waals surface area contributed by atoms with E-state index in [1.807, 2.05) is 63.2 Å². The molecule has 0 spiro atoms. The number of aliphatic hydroxyl groups is 1. The maximum atomic E-state index is 12.6. The number of ether oxygens (including phenoxy) is 1. The summed E-state index contributed by atoms with van der Waals surface area (Å²) in [5, 5.41) is 11.7. The number of nitrogens with zero attached hydrogens (tertiary/aromatic N) is 1. The van der Waals surface area contributed by atoms with Gasteiger partial charge in [0.1, 0.15) is 18.2 Å². The number of carbonyl (C=O) groups is 2. The molecule has 7 heteroatoms. The first kappa shape index (κ1) is 23.2. The minimum Gasteiger partial charge on any atom is -0.491 e. The number of hydrogen-bond acceptors (Lipinski definition) is 5. The Morgan fingerprint density at radius 1 is 0.971 bits per heavy atom. The molecule has 0 aliphatic carbocycles. The van der Waals surface area contributed by atoms with E-state index < -0.39 is 5.41 Å². The predicted molar refractivity (Wildman–Crippen MR) is 132 cm³/mol. The van der Waals surface area contributed by atoms with Crippen molar-refractivity contribution in [1.29, 1.82) is 0 Å². The quantitative estimate of drug-likeness (QED) is 0.336. The van der Waals surface area contributed by atoms with E-state index in [9.17, 15) is 9.59 Å². The SMILES string of the molecule is CC(C)(C)C(=O)c1ccc2[nH]c(-c3ccc(NC(=O)c4ccc(OCCO)cc4)cc3)nc2c1. The van der Waals surface area contributed by atoms with E-state index in [-0.39, 0.29) is 24.9 Å². The number of Topliss-reactive ketones (excluding diaryl/α,β-unsaturated/α-hetero) is 1. The first-order valence-corrected chi connectivity index (χ1v) is 11.0. The van der Waals surface area contributed by atoms with Gasteiger partial charge in [0, 0.05) is 27.8 Å². The molecular formula is C27H27N3O4. The molecule has 34 heavy (non-hydrogen) atoms. The second kappa shape index (κ2) is 9.49. The number of rotatable bonds is 7. The highest BCUT2D eigenvalue weighted by Gasteiger charge is 2.23. The molecule has 3 N–H and O–H groups in total. The molecule has 0 saturated heterocycles. The van der Waals surface area contributed by atoms with Crippen LogP contribution in [0.5, 0.6) is 5.75 Å². The van der Waals surface area contributed by atoms with Gasteiger partial charge >= 0.3 is 0 Å². The molecule has 0 aliphatic rings. The molecule has 4 rings (SSSR count). The minimum atomic E-state index is -0.456. The number of imidazole rings is 1. The maximum Gasteiger partial charge on any atom is 0.255 e. The van der Waals surface area contributed by atoms with Gasteiger partial charge < -0.3 is 20.1 Å². The second-order valence-corrected chi connectivity index (χ2v) is 9.02. The Morgan fingerprint density at radius 2 is 1.65 bits per heavy atom. The molecule has 1 amide bonds. The van der Waals surface area contributed by atoms with Gasteiger partial charge in [0.15, 0.2) is 5.78 Å². The number of hydrogen-bond donors (Lipinski definition) is 3. The van der Waals surface area contributed by atoms with Crippen molar-refractivity contribution < 1.29 is 19.4 Å². The highest BCUT2D eigenvalue weighted by atomic mass is 16.5. The van der Waals surface area contributed by atoms with Crippen LogP contribution in [0.1, 0.15) is 41.5 Å². The molecule has 174 valence electrons. The standard InChI is InChI=1S/C27H27N3O4/c1-27(2,3)24(32)19-8-13-22-23(16-19)30-25(29-22)17-4-9-20(10-5-17)28-26(33)18-6-11-21(12-7-18)34-15-14-31/h4-13,16,31H,14-15H2,1-3H3,(H,28,33)(H,29,30). The number of fused-ring (bicyclic) bond motifs is 1. The molecule has 0 unspecified atom stereocenters. The van der Waals surface area contributed by atoms with Crippen LogP contribution in [0.15, 0.2) is 66.7 Å². The van der Waals surface area contributed by atoms with Crippen molar-refractivity contribution >= 4 is 28.4 Å². The number of aromatic nitrogens is 2. The fraction of sp³-hybridized carbons (Fsp3) is 0.222. The van der Waals surface area contributed by atoms with E-state index in [0.717, 1.165) is 16.6 Å². The molecule has 7 nitrogen and oxygen atoms in total. The third-order valence-corrected chi connectivity index (χ3v) is 5.32. The van der Waals surface area contributed by atoms with Gasteiger partial charge in [-0.2, -0.15) is 0 Å². The Hall–Kier alpha value is -3.97. The van der Waals surface area contributed by atoms with Gasteiger partial charge in [-0.1, -0.05) is 20.8 Å². The van der Waals surface area contributed by atoms with Crippen LogP contribution in [-0.4, -0.2) is 40.0 Å². The number of ketones is 1. The van der Waals surface area contributed by atoms with Gasteiger partial charge in [-0.3, -0.25) is 9.59 Å². The molecule has 3 aromatic carbocycles. The fourth-order valence-electron chi connectivity index (χ4n) is 3.50. The lowest BCUT2D eigenvalue weighted by atomic mass is 9.86. The Kier molecular flexibility index (Phi) is 6.47. The van der Waals surface area contributed by atoms with Crippen molar-refractivity contribution in [2.75, 3.05) is 18.5 Å². The largest absolute Gasteiger partial charge is 0.491 e. The second-order valence-electron chi connectivity index (χ2n) is 9.02. The summed E-state index contributed by atoms with van der Waals surface area (Å²) in [6.07, 6.45) is 0. The third-order valence-electron chi connectivity index (χ3n) is 5.32. The fourth-order valence-corrected chi connectivity index (χ4v) is 3.50. The molecule has 0 fully saturated rings. The Morgan fingerprint density at radius 3 is 2.29 bits per heavy atom. The van der Waals surface area contributed by atoms with E-state index in [4.69, 9.17) is 9.84 Å². The van der Waals surface area contributed by atoms with Crippen LogP contribution in [0.25, 0.3) is 22.4 Å². The average molecular weight is 458 g/mol. The molecule has 0 bridgehead atoms. The zero-order chi connectivity index (χ0) is 24.3. The van der Waals surface area contributed by atoms with Gasteiger partial charge in [0.05, 0.1) is 17.6 Å². The highest BCUT2D eigenvalue weighted by Crippen LogP contribution is 2.26. The summed E-state index contributed by atoms with van der Waals surface area (Å²) >= 11 is 0. The van der Waals surface area contributed by atoms with Gasteiger partial charge in [-0.15, -0.1) is 0 Å². The molecule has 0 saturated carbocycles. The van der Waals surface area contributed by atoms with Crippen LogP contribution in [0.2, 0.25) is 0 Å². The number of aliphatic hydroxyl groups excluding tert-OH is 1. The number of amides is 1. The van der Waals surface area contributed by atoms with Gasteiger partial charge in [-0.05, 0) is 66.7 Å². The van der Waals surface area contributed by atoms with Gasteiger partial charge in [0.2, 0.25) is 0 Å². The van der Waals surface area contributed by atoms with Crippen molar-refractivity contribution in [3.05, 3.63) is 77.9 Å². The highest BCUT2D eigenvalue weighted by molar-refractivity contribution is 6.04. The Bertz CT molecular complexity index is 1320. The Balaban J connectivity index is 1.46. The zero-order valence-corrected chi connectivity index (χ0v) is 19.4. The topological polar surface area (TPSA) is 104 Å². The minimum absolute atomic E-state index is 0.0653. The summed E-state index contributed by atoms with van der Waals surface area (Å²) < 4.78 is 5.31. The molecule has 0 atom stereocenters. The van der Waals surface area contributed by atoms with Gasteiger partial charge in [-0.25, -0.2) is 4.98 Å². The van der Waals surface area contributed by atoms with Crippen molar-refractivity contribution in [1.82, 2.24) is 9.97 Å². The van der Waals surface area contributed by atoms with Crippen molar-refractivity contribution in [2.45, 2.75) is 20.8 Å². The van der Waals surface area contributed by atoms with Crippen molar-refractivity contribution in [2.24, 2.45) is 5.41 Å². The summed E-state index contributed by atoms with van der Waals surface area (Å²) in [6.45, 7) is 5.85. The van der Waals surface area contributed by atoms with Crippen LogP contribution < -0.4 is 10.1 Å². The van der Waals surface area contributed by atoms with E-state index >= 15 is 0 Å². The molecule has 1 aromatic heterocycles. The van der Waals surface area contributed by atoms with E-state index in [0.29, 0.717) is 28.4 Å². The molecule has 1 heterocycles. The summed E-state index contributed by atoms with van der Waals surface area (Å²) in [5.41, 5.74) is 3.79. The summed E-state index contributed by atoms with van der Waals surface area (Å²) in [5.74, 6) is 1.12. The van der Waals surface area contributed by atoms with E-state index in [2.05, 4.69) is 15.3 Å². The molecule has 0 aliphatic heterocycles. The van der Waals surface area contributed by atoms with Crippen molar-refractivity contribution in [3.8, 4) is 17.1 Å². The summed E-state index contributed by atoms with van der Waals surface area (Å²) in [6, 6.07) is 19.6. The maximum absolute atomic E-state index is 12.6. The number of carbonyl (C=O) groups excluding carboxylic acids is 2.